The SMILES string of the molecule is CN=C(NCc1ccccc1)NCC1(Sc2ccccc2)CC1.I. The van der Waals surface area contributed by atoms with Gasteiger partial charge in [-0.3, -0.25) is 4.99 Å². The van der Waals surface area contributed by atoms with Crippen molar-refractivity contribution in [1.29, 1.82) is 0 Å². The normalized spacial score (nSPS) is 15.3. The van der Waals surface area contributed by atoms with Crippen LogP contribution in [0.5, 0.6) is 0 Å². The predicted molar refractivity (Wildman–Crippen MR) is 114 cm³/mol. The number of aliphatic imine (C=N–C) groups is 1. The molecular formula is C19H24IN3S. The summed E-state index contributed by atoms with van der Waals surface area (Å²) < 4.78 is 0.325. The van der Waals surface area contributed by atoms with Gasteiger partial charge in [0.05, 0.1) is 0 Å². The molecule has 0 bridgehead atoms. The first-order valence-corrected chi connectivity index (χ1v) is 8.84. The molecule has 0 radical (unpaired) electrons. The summed E-state index contributed by atoms with van der Waals surface area (Å²) in [4.78, 5) is 5.67. The molecule has 1 aliphatic rings. The molecule has 3 rings (SSSR count). The third-order valence-electron chi connectivity index (χ3n) is 3.99. The van der Waals surface area contributed by atoms with Gasteiger partial charge in [-0.05, 0) is 30.5 Å². The average molecular weight is 453 g/mol. The predicted octanol–water partition coefficient (Wildman–Crippen LogP) is 4.29. The quantitative estimate of drug-likeness (QED) is 0.389. The zero-order chi connectivity index (χ0) is 16.0. The third kappa shape index (κ3) is 5.70. The van der Waals surface area contributed by atoms with Crippen LogP contribution in [-0.4, -0.2) is 24.3 Å². The van der Waals surface area contributed by atoms with Gasteiger partial charge in [0.25, 0.3) is 0 Å². The number of hydrogen-bond acceptors (Lipinski definition) is 2. The number of halogens is 1. The molecule has 0 heterocycles. The van der Waals surface area contributed by atoms with Crippen molar-refractivity contribution in [2.45, 2.75) is 29.0 Å². The third-order valence-corrected chi connectivity index (χ3v) is 5.48. The lowest BCUT2D eigenvalue weighted by atomic mass is 10.2. The van der Waals surface area contributed by atoms with E-state index in [-0.39, 0.29) is 24.0 Å². The van der Waals surface area contributed by atoms with Gasteiger partial charge in [-0.2, -0.15) is 0 Å². The van der Waals surface area contributed by atoms with Gasteiger partial charge in [0.2, 0.25) is 0 Å². The lowest BCUT2D eigenvalue weighted by molar-refractivity contribution is 0.766. The van der Waals surface area contributed by atoms with Crippen LogP contribution in [-0.2, 0) is 6.54 Å². The fourth-order valence-corrected chi connectivity index (χ4v) is 3.68. The van der Waals surface area contributed by atoms with E-state index in [1.165, 1.54) is 23.3 Å². The van der Waals surface area contributed by atoms with E-state index in [1.807, 2.05) is 24.9 Å². The van der Waals surface area contributed by atoms with Gasteiger partial charge in [-0.25, -0.2) is 0 Å². The topological polar surface area (TPSA) is 36.4 Å². The number of guanidine groups is 1. The summed E-state index contributed by atoms with van der Waals surface area (Å²) in [5.41, 5.74) is 1.26. The van der Waals surface area contributed by atoms with E-state index >= 15 is 0 Å². The van der Waals surface area contributed by atoms with Crippen LogP contribution in [0.3, 0.4) is 0 Å². The van der Waals surface area contributed by atoms with Crippen molar-refractivity contribution in [1.82, 2.24) is 10.6 Å². The van der Waals surface area contributed by atoms with Gasteiger partial charge in [-0.15, -0.1) is 35.7 Å². The smallest absolute Gasteiger partial charge is 0.191 e. The van der Waals surface area contributed by atoms with Crippen molar-refractivity contribution < 1.29 is 0 Å². The molecule has 0 aromatic heterocycles. The molecule has 3 nitrogen and oxygen atoms in total. The summed E-state index contributed by atoms with van der Waals surface area (Å²) in [5.74, 6) is 0.869. The Labute approximate surface area is 165 Å². The highest BCUT2D eigenvalue weighted by Gasteiger charge is 2.43. The molecule has 0 amide bonds. The molecule has 2 N–H and O–H groups in total. The van der Waals surface area contributed by atoms with E-state index in [0.29, 0.717) is 4.75 Å². The van der Waals surface area contributed by atoms with E-state index in [0.717, 1.165) is 19.0 Å². The molecule has 0 atom stereocenters. The Kier molecular flexibility index (Phi) is 7.42. The van der Waals surface area contributed by atoms with Crippen LogP contribution in [0.4, 0.5) is 0 Å². The Hall–Kier alpha value is -1.21. The molecule has 24 heavy (non-hydrogen) atoms. The van der Waals surface area contributed by atoms with Crippen molar-refractivity contribution >= 4 is 41.7 Å². The lowest BCUT2D eigenvalue weighted by Gasteiger charge is -2.18. The summed E-state index contributed by atoms with van der Waals surface area (Å²) in [7, 11) is 1.82. The van der Waals surface area contributed by atoms with Crippen LogP contribution in [0, 0.1) is 0 Å². The van der Waals surface area contributed by atoms with Crippen LogP contribution in [0.25, 0.3) is 0 Å². The zero-order valence-electron chi connectivity index (χ0n) is 13.9. The molecular weight excluding hydrogens is 429 g/mol. The molecule has 0 aliphatic heterocycles. The Morgan fingerprint density at radius 2 is 1.62 bits per heavy atom. The zero-order valence-corrected chi connectivity index (χ0v) is 17.0. The van der Waals surface area contributed by atoms with Gasteiger partial charge >= 0.3 is 0 Å². The van der Waals surface area contributed by atoms with E-state index in [9.17, 15) is 0 Å². The molecule has 5 heteroatoms. The molecule has 1 saturated carbocycles. The highest BCUT2D eigenvalue weighted by molar-refractivity contribution is 14.0. The first kappa shape index (κ1) is 19.1. The summed E-state index contributed by atoms with van der Waals surface area (Å²) in [5, 5.41) is 6.86. The number of hydrogen-bond donors (Lipinski definition) is 2. The first-order chi connectivity index (χ1) is 11.3. The lowest BCUT2D eigenvalue weighted by Crippen LogP contribution is -2.40. The minimum absolute atomic E-state index is 0. The number of thioether (sulfide) groups is 1. The summed E-state index contributed by atoms with van der Waals surface area (Å²) in [6.45, 7) is 1.74. The number of nitrogens with zero attached hydrogens (tertiary/aromatic N) is 1. The van der Waals surface area contributed by atoms with Crippen LogP contribution in [0.15, 0.2) is 70.6 Å². The maximum Gasteiger partial charge on any atom is 0.191 e. The number of nitrogens with one attached hydrogen (secondary N) is 2. The van der Waals surface area contributed by atoms with Gasteiger partial charge in [0.15, 0.2) is 5.96 Å². The minimum Gasteiger partial charge on any atom is -0.355 e. The van der Waals surface area contributed by atoms with Crippen molar-refractivity contribution in [3.8, 4) is 0 Å². The largest absolute Gasteiger partial charge is 0.355 e. The van der Waals surface area contributed by atoms with Gasteiger partial charge in [-0.1, -0.05) is 48.5 Å². The van der Waals surface area contributed by atoms with Gasteiger partial charge < -0.3 is 10.6 Å². The minimum atomic E-state index is 0. The van der Waals surface area contributed by atoms with E-state index < -0.39 is 0 Å². The van der Waals surface area contributed by atoms with Crippen molar-refractivity contribution in [3.05, 3.63) is 66.2 Å². The fourth-order valence-electron chi connectivity index (χ4n) is 2.44. The van der Waals surface area contributed by atoms with Gasteiger partial charge in [0.1, 0.15) is 0 Å². The van der Waals surface area contributed by atoms with Gasteiger partial charge in [0, 0.05) is 29.8 Å². The molecule has 1 aliphatic carbocycles. The Balaban J connectivity index is 0.00000208. The first-order valence-electron chi connectivity index (χ1n) is 8.02. The summed E-state index contributed by atoms with van der Waals surface area (Å²) in [6.07, 6.45) is 2.52. The Morgan fingerprint density at radius 3 is 2.21 bits per heavy atom. The molecule has 1 fully saturated rings. The second kappa shape index (κ2) is 9.32. The summed E-state index contributed by atoms with van der Waals surface area (Å²) in [6, 6.07) is 21.0. The maximum absolute atomic E-state index is 4.33. The van der Waals surface area contributed by atoms with E-state index in [4.69, 9.17) is 0 Å². The maximum atomic E-state index is 4.33. The molecule has 0 saturated heterocycles. The Bertz CT molecular complexity index is 642. The van der Waals surface area contributed by atoms with Crippen molar-refractivity contribution in [2.75, 3.05) is 13.6 Å². The monoisotopic (exact) mass is 453 g/mol. The fraction of sp³-hybridized carbons (Fsp3) is 0.316. The van der Waals surface area contributed by atoms with Crippen molar-refractivity contribution in [2.24, 2.45) is 4.99 Å². The molecule has 2 aromatic rings. The number of benzene rings is 2. The van der Waals surface area contributed by atoms with Crippen LogP contribution in [0.1, 0.15) is 18.4 Å². The van der Waals surface area contributed by atoms with E-state index in [2.05, 4.69) is 70.2 Å². The molecule has 0 unspecified atom stereocenters. The molecule has 2 aromatic carbocycles. The highest BCUT2D eigenvalue weighted by atomic mass is 127. The van der Waals surface area contributed by atoms with Crippen LogP contribution >= 0.6 is 35.7 Å². The van der Waals surface area contributed by atoms with E-state index in [1.54, 1.807) is 0 Å². The van der Waals surface area contributed by atoms with Crippen LogP contribution < -0.4 is 10.6 Å². The number of rotatable bonds is 6. The van der Waals surface area contributed by atoms with Crippen molar-refractivity contribution in [3.63, 3.8) is 0 Å². The standard InChI is InChI=1S/C19H23N3S.HI/c1-20-18(21-14-16-8-4-2-5-9-16)22-15-19(12-13-19)23-17-10-6-3-7-11-17;/h2-11H,12-15H2,1H3,(H2,20,21,22);1H. The summed E-state index contributed by atoms with van der Waals surface area (Å²) >= 11 is 1.98. The second-order valence-corrected chi connectivity index (χ2v) is 7.40. The average Bonchev–Trinajstić information content (AvgIpc) is 3.36. The molecule has 0 spiro atoms. The second-order valence-electron chi connectivity index (χ2n) is 5.86. The highest BCUT2D eigenvalue weighted by Crippen LogP contribution is 2.51. The van der Waals surface area contributed by atoms with Crippen LogP contribution in [0.2, 0.25) is 0 Å². The molecule has 128 valence electrons. The Morgan fingerprint density at radius 1 is 1.00 bits per heavy atom.